The minimum Gasteiger partial charge on any atom is -0.379 e. The van der Waals surface area contributed by atoms with Crippen LogP contribution in [0.5, 0.6) is 0 Å². The van der Waals surface area contributed by atoms with Crippen LogP contribution in [0.15, 0.2) is 0 Å². The van der Waals surface area contributed by atoms with E-state index in [9.17, 15) is 9.59 Å². The Kier molecular flexibility index (Phi) is 2.28. The summed E-state index contributed by atoms with van der Waals surface area (Å²) in [6, 6.07) is 0. The van der Waals surface area contributed by atoms with Gasteiger partial charge in [-0.15, -0.1) is 0 Å². The fraction of sp³-hybridized carbons (Fsp3) is 0.778. The fourth-order valence-electron chi connectivity index (χ4n) is 2.18. The van der Waals surface area contributed by atoms with Crippen molar-refractivity contribution in [2.75, 3.05) is 20.3 Å². The van der Waals surface area contributed by atoms with Gasteiger partial charge in [0, 0.05) is 20.1 Å². The van der Waals surface area contributed by atoms with E-state index in [4.69, 9.17) is 9.47 Å². The smallest absolute Gasteiger partial charge is 0.236 e. The molecule has 2 saturated heterocycles. The first kappa shape index (κ1) is 9.61. The molecule has 0 aromatic carbocycles. The van der Waals surface area contributed by atoms with Crippen LogP contribution in [-0.4, -0.2) is 38.2 Å². The number of hydrogen-bond acceptors (Lipinski definition) is 4. The van der Waals surface area contributed by atoms with Gasteiger partial charge in [0.05, 0.1) is 18.1 Å². The van der Waals surface area contributed by atoms with Crippen molar-refractivity contribution in [1.82, 2.24) is 5.32 Å². The molecule has 5 nitrogen and oxygen atoms in total. The summed E-state index contributed by atoms with van der Waals surface area (Å²) in [7, 11) is 1.54. The molecule has 2 aliphatic rings. The molecule has 0 saturated carbocycles. The number of methoxy groups -OCH3 is 1. The molecule has 2 amide bonds. The summed E-state index contributed by atoms with van der Waals surface area (Å²) in [4.78, 5) is 22.8. The lowest BCUT2D eigenvalue weighted by atomic mass is 9.76. The number of hydrogen-bond donors (Lipinski definition) is 1. The molecule has 2 aliphatic heterocycles. The highest BCUT2D eigenvalue weighted by molar-refractivity contribution is 6.06. The van der Waals surface area contributed by atoms with E-state index in [1.54, 1.807) is 0 Å². The highest BCUT2D eigenvalue weighted by atomic mass is 16.5. The van der Waals surface area contributed by atoms with E-state index in [-0.39, 0.29) is 24.3 Å². The van der Waals surface area contributed by atoms with E-state index >= 15 is 0 Å². The second kappa shape index (κ2) is 3.33. The predicted octanol–water partition coefficient (Wildman–Crippen LogP) is -0.545. The number of ether oxygens (including phenoxy) is 2. The molecular weight excluding hydrogens is 186 g/mol. The molecule has 2 unspecified atom stereocenters. The Balaban J connectivity index is 2.26. The van der Waals surface area contributed by atoms with Gasteiger partial charge >= 0.3 is 0 Å². The van der Waals surface area contributed by atoms with Crippen molar-refractivity contribution in [3.63, 3.8) is 0 Å². The van der Waals surface area contributed by atoms with E-state index in [2.05, 4.69) is 5.32 Å². The number of nitrogens with one attached hydrogen (secondary N) is 1. The van der Waals surface area contributed by atoms with Crippen LogP contribution in [0.2, 0.25) is 0 Å². The molecule has 1 spiro atoms. The van der Waals surface area contributed by atoms with Gasteiger partial charge in [-0.1, -0.05) is 0 Å². The molecule has 2 fully saturated rings. The van der Waals surface area contributed by atoms with Crippen LogP contribution in [0.1, 0.15) is 12.8 Å². The first-order valence-corrected chi connectivity index (χ1v) is 4.64. The van der Waals surface area contributed by atoms with Gasteiger partial charge in [0.15, 0.2) is 0 Å². The Bertz CT molecular complexity index is 278. The Morgan fingerprint density at radius 2 is 2.36 bits per heavy atom. The maximum atomic E-state index is 11.7. The normalized spacial score (nSPS) is 37.6. The minimum atomic E-state index is -0.677. The Labute approximate surface area is 81.7 Å². The van der Waals surface area contributed by atoms with Crippen molar-refractivity contribution in [2.24, 2.45) is 5.41 Å². The van der Waals surface area contributed by atoms with Gasteiger partial charge in [0.2, 0.25) is 11.8 Å². The molecule has 0 aliphatic carbocycles. The summed E-state index contributed by atoms with van der Waals surface area (Å²) >= 11 is 0. The molecule has 14 heavy (non-hydrogen) atoms. The summed E-state index contributed by atoms with van der Waals surface area (Å²) in [6.07, 6.45) is 0.485. The summed E-state index contributed by atoms with van der Waals surface area (Å²) in [5.41, 5.74) is -0.677. The number of imide groups is 1. The highest BCUT2D eigenvalue weighted by Crippen LogP contribution is 2.39. The van der Waals surface area contributed by atoms with Crippen molar-refractivity contribution in [1.29, 1.82) is 0 Å². The van der Waals surface area contributed by atoms with E-state index in [1.807, 2.05) is 0 Å². The summed E-state index contributed by atoms with van der Waals surface area (Å²) in [6.45, 7) is 0.901. The van der Waals surface area contributed by atoms with Crippen molar-refractivity contribution < 1.29 is 19.1 Å². The summed E-state index contributed by atoms with van der Waals surface area (Å²) in [5.74, 6) is -0.420. The van der Waals surface area contributed by atoms with Crippen LogP contribution in [-0.2, 0) is 19.1 Å². The molecule has 0 aromatic rings. The average molecular weight is 199 g/mol. The fourth-order valence-corrected chi connectivity index (χ4v) is 2.18. The predicted molar refractivity (Wildman–Crippen MR) is 46.4 cm³/mol. The van der Waals surface area contributed by atoms with Crippen LogP contribution in [0, 0.1) is 5.41 Å². The van der Waals surface area contributed by atoms with Crippen molar-refractivity contribution in [2.45, 2.75) is 18.9 Å². The second-order valence-electron chi connectivity index (χ2n) is 3.76. The number of rotatable bonds is 1. The maximum absolute atomic E-state index is 11.7. The SMILES string of the molecule is COC1COCCC12CC(=O)NC2=O. The van der Waals surface area contributed by atoms with Gasteiger partial charge in [0.25, 0.3) is 0 Å². The van der Waals surface area contributed by atoms with Gasteiger partial charge in [0.1, 0.15) is 0 Å². The first-order valence-electron chi connectivity index (χ1n) is 4.64. The third-order valence-electron chi connectivity index (χ3n) is 3.04. The molecule has 2 atom stereocenters. The Morgan fingerprint density at radius 1 is 1.57 bits per heavy atom. The quantitative estimate of drug-likeness (QED) is 0.576. The zero-order valence-electron chi connectivity index (χ0n) is 8.04. The zero-order chi connectivity index (χ0) is 10.2. The molecule has 78 valence electrons. The Hall–Kier alpha value is -0.940. The monoisotopic (exact) mass is 199 g/mol. The standard InChI is InChI=1S/C9H13NO4/c1-13-6-5-14-3-2-9(6)4-7(11)10-8(9)12/h6H,2-5H2,1H3,(H,10,11,12). The highest BCUT2D eigenvalue weighted by Gasteiger charge is 2.53. The van der Waals surface area contributed by atoms with Crippen molar-refractivity contribution >= 4 is 11.8 Å². The third kappa shape index (κ3) is 1.24. The van der Waals surface area contributed by atoms with Gasteiger partial charge in [-0.05, 0) is 6.42 Å². The number of amides is 2. The Morgan fingerprint density at radius 3 is 2.93 bits per heavy atom. The molecule has 0 radical (unpaired) electrons. The molecule has 5 heteroatoms. The molecule has 2 heterocycles. The lowest BCUT2D eigenvalue weighted by Gasteiger charge is -2.36. The first-order chi connectivity index (χ1) is 6.69. The lowest BCUT2D eigenvalue weighted by Crippen LogP contribution is -2.49. The van der Waals surface area contributed by atoms with Crippen LogP contribution >= 0.6 is 0 Å². The maximum Gasteiger partial charge on any atom is 0.236 e. The van der Waals surface area contributed by atoms with E-state index in [1.165, 1.54) is 7.11 Å². The van der Waals surface area contributed by atoms with Gasteiger partial charge in [-0.25, -0.2) is 0 Å². The minimum absolute atomic E-state index is 0.209. The molecule has 1 N–H and O–H groups in total. The van der Waals surface area contributed by atoms with Gasteiger partial charge in [-0.3, -0.25) is 14.9 Å². The molecular formula is C9H13NO4. The molecule has 0 aromatic heterocycles. The van der Waals surface area contributed by atoms with E-state index in [0.717, 1.165) is 0 Å². The molecule has 0 bridgehead atoms. The van der Waals surface area contributed by atoms with E-state index in [0.29, 0.717) is 19.6 Å². The largest absolute Gasteiger partial charge is 0.379 e. The van der Waals surface area contributed by atoms with Crippen LogP contribution in [0.4, 0.5) is 0 Å². The van der Waals surface area contributed by atoms with Crippen LogP contribution in [0.25, 0.3) is 0 Å². The van der Waals surface area contributed by atoms with Gasteiger partial charge in [-0.2, -0.15) is 0 Å². The lowest BCUT2D eigenvalue weighted by molar-refractivity contribution is -0.152. The average Bonchev–Trinajstić information content (AvgIpc) is 2.43. The van der Waals surface area contributed by atoms with Crippen LogP contribution < -0.4 is 5.32 Å². The topological polar surface area (TPSA) is 64.6 Å². The summed E-state index contributed by atoms with van der Waals surface area (Å²) in [5, 5.41) is 2.33. The summed E-state index contributed by atoms with van der Waals surface area (Å²) < 4.78 is 10.4. The molecule has 2 rings (SSSR count). The van der Waals surface area contributed by atoms with Crippen molar-refractivity contribution in [3.05, 3.63) is 0 Å². The van der Waals surface area contributed by atoms with Gasteiger partial charge < -0.3 is 9.47 Å². The van der Waals surface area contributed by atoms with Crippen molar-refractivity contribution in [3.8, 4) is 0 Å². The van der Waals surface area contributed by atoms with Crippen LogP contribution in [0.3, 0.4) is 0 Å². The third-order valence-corrected chi connectivity index (χ3v) is 3.04. The number of carbonyl (C=O) groups excluding carboxylic acids is 2. The zero-order valence-corrected chi connectivity index (χ0v) is 8.04. The number of carbonyl (C=O) groups is 2. The second-order valence-corrected chi connectivity index (χ2v) is 3.76. The van der Waals surface area contributed by atoms with E-state index < -0.39 is 5.41 Å².